The molecule has 0 aromatic heterocycles. The van der Waals surface area contributed by atoms with Crippen LogP contribution in [0.3, 0.4) is 0 Å². The van der Waals surface area contributed by atoms with E-state index in [9.17, 15) is 18.4 Å². The Bertz CT molecular complexity index is 842. The van der Waals surface area contributed by atoms with Crippen LogP contribution in [-0.2, 0) is 13.0 Å². The summed E-state index contributed by atoms with van der Waals surface area (Å²) >= 11 is 0. The number of amides is 3. The number of hydrogen-bond donors (Lipinski definition) is 3. The number of fused-ring (bicyclic) bond motifs is 1. The molecule has 130 valence electrons. The molecule has 0 spiro atoms. The van der Waals surface area contributed by atoms with Crippen molar-refractivity contribution in [1.29, 1.82) is 0 Å². The first-order chi connectivity index (χ1) is 11.9. The largest absolute Gasteiger partial charge is 0.465 e. The molecule has 1 heterocycles. The number of nitrogens with zero attached hydrogens (tertiary/aromatic N) is 1. The van der Waals surface area contributed by atoms with E-state index < -0.39 is 23.8 Å². The molecule has 0 atom stereocenters. The molecule has 0 unspecified atom stereocenters. The van der Waals surface area contributed by atoms with Gasteiger partial charge in [-0.05, 0) is 41.8 Å². The summed E-state index contributed by atoms with van der Waals surface area (Å²) in [7, 11) is 0. The van der Waals surface area contributed by atoms with Gasteiger partial charge < -0.3 is 20.6 Å². The predicted molar refractivity (Wildman–Crippen MR) is 87.6 cm³/mol. The molecule has 2 aromatic rings. The highest BCUT2D eigenvalue weighted by atomic mass is 19.2. The average Bonchev–Trinajstić information content (AvgIpc) is 2.58. The van der Waals surface area contributed by atoms with Crippen LogP contribution in [0.5, 0.6) is 0 Å². The summed E-state index contributed by atoms with van der Waals surface area (Å²) in [5, 5.41) is 13.8. The molecule has 0 bridgehead atoms. The van der Waals surface area contributed by atoms with Crippen molar-refractivity contribution in [2.24, 2.45) is 0 Å². The summed E-state index contributed by atoms with van der Waals surface area (Å²) in [5.41, 5.74) is 2.03. The highest BCUT2D eigenvalue weighted by molar-refractivity contribution is 5.99. The van der Waals surface area contributed by atoms with Crippen molar-refractivity contribution >= 4 is 23.5 Å². The lowest BCUT2D eigenvalue weighted by atomic mass is 9.99. The van der Waals surface area contributed by atoms with Gasteiger partial charge in [0.15, 0.2) is 11.6 Å². The number of nitrogens with one attached hydrogen (secondary N) is 2. The molecule has 2 aromatic carbocycles. The van der Waals surface area contributed by atoms with Gasteiger partial charge in [-0.1, -0.05) is 12.1 Å². The maximum Gasteiger partial charge on any atom is 0.407 e. The Hall–Kier alpha value is -3.16. The van der Waals surface area contributed by atoms with Crippen molar-refractivity contribution in [1.82, 2.24) is 4.90 Å². The number of carboxylic acid groups (broad SMARTS) is 1. The van der Waals surface area contributed by atoms with Gasteiger partial charge in [0.25, 0.3) is 0 Å². The topological polar surface area (TPSA) is 81.7 Å². The fourth-order valence-electron chi connectivity index (χ4n) is 2.68. The van der Waals surface area contributed by atoms with E-state index in [-0.39, 0.29) is 5.69 Å². The van der Waals surface area contributed by atoms with E-state index in [1.807, 2.05) is 0 Å². The van der Waals surface area contributed by atoms with E-state index in [2.05, 4.69) is 10.6 Å². The second-order valence-electron chi connectivity index (χ2n) is 5.62. The van der Waals surface area contributed by atoms with E-state index in [4.69, 9.17) is 5.11 Å². The van der Waals surface area contributed by atoms with E-state index in [1.54, 1.807) is 18.2 Å². The zero-order chi connectivity index (χ0) is 18.0. The molecule has 0 saturated carbocycles. The summed E-state index contributed by atoms with van der Waals surface area (Å²) in [6, 6.07) is 7.92. The third-order valence-electron chi connectivity index (χ3n) is 3.95. The zero-order valence-electron chi connectivity index (χ0n) is 13.1. The molecule has 0 aliphatic carbocycles. The minimum absolute atomic E-state index is 0.257. The van der Waals surface area contributed by atoms with Gasteiger partial charge in [0, 0.05) is 18.8 Å². The maximum absolute atomic E-state index is 13.6. The average molecular weight is 347 g/mol. The van der Waals surface area contributed by atoms with Gasteiger partial charge in [0.1, 0.15) is 0 Å². The molecule has 3 rings (SSSR count). The zero-order valence-corrected chi connectivity index (χ0v) is 13.1. The van der Waals surface area contributed by atoms with E-state index in [1.165, 1.54) is 17.0 Å². The normalized spacial score (nSPS) is 13.1. The Labute approximate surface area is 142 Å². The number of benzene rings is 2. The molecule has 0 radical (unpaired) electrons. The van der Waals surface area contributed by atoms with Crippen molar-refractivity contribution in [3.05, 3.63) is 59.2 Å². The Morgan fingerprint density at radius 1 is 1.08 bits per heavy atom. The van der Waals surface area contributed by atoms with Crippen molar-refractivity contribution in [2.75, 3.05) is 17.2 Å². The molecule has 25 heavy (non-hydrogen) atoms. The molecule has 3 N–H and O–H groups in total. The lowest BCUT2D eigenvalue weighted by Gasteiger charge is -2.26. The number of carbonyl (C=O) groups is 2. The minimum Gasteiger partial charge on any atom is -0.465 e. The van der Waals surface area contributed by atoms with Crippen LogP contribution < -0.4 is 10.6 Å². The number of halogens is 2. The number of rotatable bonds is 2. The van der Waals surface area contributed by atoms with E-state index >= 15 is 0 Å². The van der Waals surface area contributed by atoms with Crippen LogP contribution in [0.25, 0.3) is 0 Å². The molecular formula is C17H15F2N3O3. The quantitative estimate of drug-likeness (QED) is 0.776. The van der Waals surface area contributed by atoms with Gasteiger partial charge in [-0.15, -0.1) is 0 Å². The number of hydrogen-bond acceptors (Lipinski definition) is 2. The first kappa shape index (κ1) is 16.7. The molecule has 0 fully saturated rings. The fraction of sp³-hybridized carbons (Fsp3) is 0.176. The molecule has 8 heteroatoms. The molecule has 6 nitrogen and oxygen atoms in total. The number of anilines is 2. The maximum atomic E-state index is 13.6. The van der Waals surface area contributed by atoms with Crippen molar-refractivity contribution in [2.45, 2.75) is 13.0 Å². The highest BCUT2D eigenvalue weighted by Crippen LogP contribution is 2.23. The van der Waals surface area contributed by atoms with Crippen LogP contribution in [0.15, 0.2) is 36.4 Å². The molecule has 1 aliphatic heterocycles. The SMILES string of the molecule is O=C(Nc1ccc2c(c1)CCN(C(=O)O)C2)Nc1cccc(F)c1F. The minimum atomic E-state index is -1.13. The van der Waals surface area contributed by atoms with Crippen LogP contribution in [0.2, 0.25) is 0 Å². The van der Waals surface area contributed by atoms with Gasteiger partial charge in [-0.3, -0.25) is 0 Å². The standard InChI is InChI=1S/C17H15F2N3O3/c18-13-2-1-3-14(15(13)19)21-16(23)20-12-5-4-11-9-22(17(24)25)7-6-10(11)8-12/h1-5,8H,6-7,9H2,(H,24,25)(H2,20,21,23). The third kappa shape index (κ3) is 3.68. The summed E-state index contributed by atoms with van der Waals surface area (Å²) in [6.45, 7) is 0.679. The molecule has 3 amide bonds. The molecular weight excluding hydrogens is 332 g/mol. The molecule has 1 aliphatic rings. The Balaban J connectivity index is 1.68. The summed E-state index contributed by atoms with van der Waals surface area (Å²) < 4.78 is 26.7. The molecule has 0 saturated heterocycles. The highest BCUT2D eigenvalue weighted by Gasteiger charge is 2.20. The predicted octanol–water partition coefficient (Wildman–Crippen LogP) is 3.64. The number of carbonyl (C=O) groups excluding carboxylic acids is 1. The lowest BCUT2D eigenvalue weighted by Crippen LogP contribution is -2.34. The first-order valence-corrected chi connectivity index (χ1v) is 7.56. The van der Waals surface area contributed by atoms with Gasteiger partial charge >= 0.3 is 12.1 Å². The third-order valence-corrected chi connectivity index (χ3v) is 3.95. The van der Waals surface area contributed by atoms with Crippen LogP contribution >= 0.6 is 0 Å². The van der Waals surface area contributed by atoms with Crippen molar-refractivity contribution in [3.8, 4) is 0 Å². The van der Waals surface area contributed by atoms with Gasteiger partial charge in [-0.25, -0.2) is 18.4 Å². The first-order valence-electron chi connectivity index (χ1n) is 7.56. The second-order valence-corrected chi connectivity index (χ2v) is 5.62. The Morgan fingerprint density at radius 2 is 1.88 bits per heavy atom. The van der Waals surface area contributed by atoms with Gasteiger partial charge in [0.05, 0.1) is 5.69 Å². The van der Waals surface area contributed by atoms with Gasteiger partial charge in [0.2, 0.25) is 0 Å². The summed E-state index contributed by atoms with van der Waals surface area (Å²) in [5.74, 6) is -2.17. The second kappa shape index (κ2) is 6.76. The van der Waals surface area contributed by atoms with Crippen molar-refractivity contribution < 1.29 is 23.5 Å². The van der Waals surface area contributed by atoms with Crippen LogP contribution in [0.4, 0.5) is 29.7 Å². The van der Waals surface area contributed by atoms with E-state index in [0.29, 0.717) is 25.2 Å². The Kier molecular flexibility index (Phi) is 4.51. The Morgan fingerprint density at radius 3 is 2.64 bits per heavy atom. The van der Waals surface area contributed by atoms with Crippen LogP contribution in [0, 0.1) is 11.6 Å². The van der Waals surface area contributed by atoms with Gasteiger partial charge in [-0.2, -0.15) is 0 Å². The van der Waals surface area contributed by atoms with Crippen molar-refractivity contribution in [3.63, 3.8) is 0 Å². The van der Waals surface area contributed by atoms with E-state index in [0.717, 1.165) is 17.2 Å². The summed E-state index contributed by atoms with van der Waals surface area (Å²) in [4.78, 5) is 24.3. The fourth-order valence-corrected chi connectivity index (χ4v) is 2.68. The summed E-state index contributed by atoms with van der Waals surface area (Å²) in [6.07, 6.45) is -0.429. The smallest absolute Gasteiger partial charge is 0.407 e. The van der Waals surface area contributed by atoms with Crippen LogP contribution in [-0.4, -0.2) is 28.7 Å². The monoisotopic (exact) mass is 347 g/mol. The number of urea groups is 1. The van der Waals surface area contributed by atoms with Crippen LogP contribution in [0.1, 0.15) is 11.1 Å². The lowest BCUT2D eigenvalue weighted by molar-refractivity contribution is 0.140.